The molecule has 1 aromatic carbocycles. The second-order valence-corrected chi connectivity index (χ2v) is 12.8. The monoisotopic (exact) mass is 669 g/mol. The molecule has 1 N–H and O–H groups in total. The van der Waals surface area contributed by atoms with Gasteiger partial charge in [-0.25, -0.2) is 19.2 Å². The molecule has 4 aromatic heterocycles. The second kappa shape index (κ2) is 12.9. The summed E-state index contributed by atoms with van der Waals surface area (Å²) in [4.78, 5) is 44.9. The maximum atomic E-state index is 16.2. The van der Waals surface area contributed by atoms with Crippen LogP contribution in [0.3, 0.4) is 0 Å². The van der Waals surface area contributed by atoms with Crippen LogP contribution in [0, 0.1) is 5.82 Å². The number of anilines is 2. The van der Waals surface area contributed by atoms with Crippen LogP contribution in [0.25, 0.3) is 16.6 Å². The van der Waals surface area contributed by atoms with Gasteiger partial charge in [0.15, 0.2) is 0 Å². The number of rotatable bonds is 9. The number of hydrogen-bond acceptors (Lipinski definition) is 9. The number of halogens is 2. The Morgan fingerprint density at radius 1 is 1.08 bits per heavy atom. The molecule has 0 spiro atoms. The van der Waals surface area contributed by atoms with Gasteiger partial charge in [-0.1, -0.05) is 17.7 Å². The van der Waals surface area contributed by atoms with Crippen molar-refractivity contribution in [3.8, 4) is 11.6 Å². The molecule has 0 bridgehead atoms. The molecule has 2 aliphatic rings. The molecule has 7 rings (SSSR count). The molecule has 2 atom stereocenters. The van der Waals surface area contributed by atoms with E-state index in [1.54, 1.807) is 47.6 Å². The summed E-state index contributed by atoms with van der Waals surface area (Å²) in [5.41, 5.74) is 0.920. The number of benzene rings is 1. The first-order valence-corrected chi connectivity index (χ1v) is 16.0. The van der Waals surface area contributed by atoms with E-state index >= 15 is 4.39 Å². The van der Waals surface area contributed by atoms with E-state index < -0.39 is 22.8 Å². The molecule has 0 unspecified atom stereocenters. The lowest BCUT2D eigenvalue weighted by atomic mass is 9.98. The molecule has 13 heteroatoms. The molecule has 5 aromatic rings. The quantitative estimate of drug-likeness (QED) is 0.233. The first kappa shape index (κ1) is 31.5. The first-order chi connectivity index (χ1) is 23.2. The van der Waals surface area contributed by atoms with Crippen molar-refractivity contribution in [3.63, 3.8) is 0 Å². The minimum Gasteiger partial charge on any atom is -0.477 e. The van der Waals surface area contributed by atoms with E-state index in [1.807, 2.05) is 43.3 Å². The number of likely N-dealkylation sites (N-methyl/N-ethyl adjacent to an activating group) is 1. The summed E-state index contributed by atoms with van der Waals surface area (Å²) in [6, 6.07) is 13.8. The minimum absolute atomic E-state index is 0.0172. The van der Waals surface area contributed by atoms with E-state index in [2.05, 4.69) is 24.8 Å². The average Bonchev–Trinajstić information content (AvgIpc) is 3.48. The summed E-state index contributed by atoms with van der Waals surface area (Å²) in [7, 11) is 4.09. The largest absolute Gasteiger partial charge is 0.477 e. The standard InChI is InChI=1S/C35H33ClFN7O4/c1-41(2)25-17-42(18-25)32-8-7-23(15-40-32)44-19-27(35(46)47)33(45)26-12-29(37)31(13-30(26)44)43-16-22(21-5-3-9-38-14-21)11-24(43)20-48-34-28(36)6-4-10-39-34/h3-10,12-15,19,22,24-25H,11,16-18,20H2,1-2H3,(H,46,47)/t22-,24-/m1/s1. The topological polar surface area (TPSA) is 117 Å². The molecule has 6 heterocycles. The highest BCUT2D eigenvalue weighted by molar-refractivity contribution is 6.31. The average molecular weight is 670 g/mol. The van der Waals surface area contributed by atoms with Crippen LogP contribution < -0.4 is 20.0 Å². The van der Waals surface area contributed by atoms with E-state index in [-0.39, 0.29) is 35.5 Å². The van der Waals surface area contributed by atoms with Crippen molar-refractivity contribution >= 4 is 40.0 Å². The van der Waals surface area contributed by atoms with Crippen LogP contribution in [-0.4, -0.2) is 87.9 Å². The molecule has 2 saturated heterocycles. The zero-order valence-corrected chi connectivity index (χ0v) is 27.1. The Bertz CT molecular complexity index is 2040. The summed E-state index contributed by atoms with van der Waals surface area (Å²) >= 11 is 6.31. The summed E-state index contributed by atoms with van der Waals surface area (Å²) in [5.74, 6) is -0.956. The zero-order chi connectivity index (χ0) is 33.5. The van der Waals surface area contributed by atoms with Gasteiger partial charge in [-0.15, -0.1) is 0 Å². The number of pyridine rings is 4. The highest BCUT2D eigenvalue weighted by Crippen LogP contribution is 2.38. The van der Waals surface area contributed by atoms with E-state index in [4.69, 9.17) is 16.3 Å². The van der Waals surface area contributed by atoms with Crippen molar-refractivity contribution in [1.82, 2.24) is 24.4 Å². The van der Waals surface area contributed by atoms with Gasteiger partial charge in [-0.3, -0.25) is 9.78 Å². The number of ether oxygens (including phenoxy) is 1. The summed E-state index contributed by atoms with van der Waals surface area (Å²) in [5, 5.41) is 10.2. The van der Waals surface area contributed by atoms with Crippen LogP contribution in [0.4, 0.5) is 15.9 Å². The molecule has 11 nitrogen and oxygen atoms in total. The summed E-state index contributed by atoms with van der Waals surface area (Å²) < 4.78 is 23.8. The lowest BCUT2D eigenvalue weighted by Crippen LogP contribution is -2.57. The maximum Gasteiger partial charge on any atom is 0.341 e. The number of aromatic carboxylic acids is 1. The fourth-order valence-corrected chi connectivity index (χ4v) is 6.65. The molecule has 2 fully saturated rings. The Morgan fingerprint density at radius 3 is 2.58 bits per heavy atom. The van der Waals surface area contributed by atoms with Crippen LogP contribution in [0.2, 0.25) is 5.02 Å². The molecule has 0 radical (unpaired) electrons. The van der Waals surface area contributed by atoms with Crippen LogP contribution in [0.15, 0.2) is 84.3 Å². The second-order valence-electron chi connectivity index (χ2n) is 12.4. The Morgan fingerprint density at radius 2 is 1.90 bits per heavy atom. The lowest BCUT2D eigenvalue weighted by molar-refractivity contribution is 0.0695. The van der Waals surface area contributed by atoms with Gasteiger partial charge < -0.3 is 29.1 Å². The lowest BCUT2D eigenvalue weighted by Gasteiger charge is -2.43. The van der Waals surface area contributed by atoms with Crippen molar-refractivity contribution in [2.75, 3.05) is 50.1 Å². The molecular formula is C35H33ClFN7O4. The molecule has 2 aliphatic heterocycles. The van der Waals surface area contributed by atoms with Crippen LogP contribution in [0.1, 0.15) is 28.3 Å². The molecular weight excluding hydrogens is 637 g/mol. The molecule has 0 saturated carbocycles. The molecule has 0 aliphatic carbocycles. The van der Waals surface area contributed by atoms with Crippen molar-refractivity contribution in [2.45, 2.75) is 24.4 Å². The van der Waals surface area contributed by atoms with Gasteiger partial charge in [0.25, 0.3) is 0 Å². The molecule has 246 valence electrons. The van der Waals surface area contributed by atoms with Crippen molar-refractivity contribution in [2.24, 2.45) is 0 Å². The van der Waals surface area contributed by atoms with Crippen molar-refractivity contribution in [1.29, 1.82) is 0 Å². The highest BCUT2D eigenvalue weighted by atomic mass is 35.5. The van der Waals surface area contributed by atoms with Crippen LogP contribution in [0.5, 0.6) is 5.88 Å². The van der Waals surface area contributed by atoms with Gasteiger partial charge in [-0.2, -0.15) is 0 Å². The third-order valence-corrected chi connectivity index (χ3v) is 9.53. The Hall–Kier alpha value is -5.07. The van der Waals surface area contributed by atoms with Gasteiger partial charge in [0.2, 0.25) is 11.3 Å². The summed E-state index contributed by atoms with van der Waals surface area (Å²) in [6.07, 6.45) is 8.65. The van der Waals surface area contributed by atoms with Gasteiger partial charge in [-0.05, 0) is 68.5 Å². The third-order valence-electron chi connectivity index (χ3n) is 9.25. The smallest absolute Gasteiger partial charge is 0.341 e. The maximum absolute atomic E-state index is 16.2. The number of fused-ring (bicyclic) bond motifs is 1. The number of carboxylic acids is 1. The Kier molecular flexibility index (Phi) is 8.44. The van der Waals surface area contributed by atoms with Gasteiger partial charge >= 0.3 is 5.97 Å². The van der Waals surface area contributed by atoms with Gasteiger partial charge in [0.1, 0.15) is 28.8 Å². The number of nitrogens with zero attached hydrogens (tertiary/aromatic N) is 7. The van der Waals surface area contributed by atoms with Crippen molar-refractivity contribution in [3.05, 3.63) is 112 Å². The summed E-state index contributed by atoms with van der Waals surface area (Å²) in [6.45, 7) is 2.32. The zero-order valence-electron chi connectivity index (χ0n) is 26.3. The highest BCUT2D eigenvalue weighted by Gasteiger charge is 2.36. The fraction of sp³-hybridized carbons (Fsp3) is 0.286. The SMILES string of the molecule is CN(C)C1CN(c2ccc(-n3cc(C(=O)O)c(=O)c4cc(F)c(N5C[C@H](c6cccnc6)C[C@@H]5COc5ncccc5Cl)cc43)cn2)C1. The van der Waals surface area contributed by atoms with Gasteiger partial charge in [0, 0.05) is 61.8 Å². The van der Waals surface area contributed by atoms with Crippen LogP contribution >= 0.6 is 11.6 Å². The Labute approximate surface area is 280 Å². The molecule has 0 amide bonds. The predicted molar refractivity (Wildman–Crippen MR) is 181 cm³/mol. The number of carboxylic acid groups (broad SMARTS) is 1. The first-order valence-electron chi connectivity index (χ1n) is 15.6. The van der Waals surface area contributed by atoms with E-state index in [0.717, 1.165) is 30.5 Å². The normalized spacial score (nSPS) is 18.0. The van der Waals surface area contributed by atoms with E-state index in [1.165, 1.54) is 6.20 Å². The fourth-order valence-electron chi connectivity index (χ4n) is 6.48. The Balaban J connectivity index is 1.29. The molecule has 48 heavy (non-hydrogen) atoms. The predicted octanol–water partition coefficient (Wildman–Crippen LogP) is 4.86. The van der Waals surface area contributed by atoms with E-state index in [0.29, 0.717) is 35.2 Å². The van der Waals surface area contributed by atoms with Crippen molar-refractivity contribution < 1.29 is 19.0 Å². The number of hydrogen-bond donors (Lipinski definition) is 1. The number of aromatic nitrogens is 4. The van der Waals surface area contributed by atoms with Gasteiger partial charge in [0.05, 0.1) is 29.1 Å². The number of carbonyl (C=O) groups is 1. The van der Waals surface area contributed by atoms with E-state index in [9.17, 15) is 14.7 Å². The third kappa shape index (κ3) is 5.93. The minimum atomic E-state index is -1.40. The van der Waals surface area contributed by atoms with Crippen LogP contribution in [-0.2, 0) is 0 Å².